The van der Waals surface area contributed by atoms with Crippen molar-refractivity contribution in [1.82, 2.24) is 10.2 Å². The van der Waals surface area contributed by atoms with Gasteiger partial charge in [0.05, 0.1) is 10.6 Å². The van der Waals surface area contributed by atoms with Gasteiger partial charge in [0.2, 0.25) is 5.91 Å². The molecule has 0 atom stereocenters. The standard InChI is InChI=1S/C22H24ClN3O2/c23-19-4-2-1-3-18(19)22(28)24-17-9-11-26(12-10-17)14-15-5-6-16-7-8-21(27)25-20(16)13-15/h1-6,13,17H,7-12,14H2,(H,24,28)(H,25,27). The summed E-state index contributed by atoms with van der Waals surface area (Å²) in [6.45, 7) is 2.71. The summed E-state index contributed by atoms with van der Waals surface area (Å²) in [7, 11) is 0. The van der Waals surface area contributed by atoms with E-state index in [1.165, 1.54) is 11.1 Å². The average Bonchev–Trinajstić information content (AvgIpc) is 2.69. The molecule has 2 N–H and O–H groups in total. The van der Waals surface area contributed by atoms with Crippen molar-refractivity contribution in [3.63, 3.8) is 0 Å². The molecule has 0 bridgehead atoms. The lowest BCUT2D eigenvalue weighted by Crippen LogP contribution is -2.44. The van der Waals surface area contributed by atoms with E-state index in [1.54, 1.807) is 12.1 Å². The fraction of sp³-hybridized carbons (Fsp3) is 0.364. The molecule has 2 aromatic carbocycles. The fourth-order valence-corrected chi connectivity index (χ4v) is 4.14. The Hall–Kier alpha value is -2.37. The molecule has 0 aromatic heterocycles. The molecule has 1 saturated heterocycles. The first-order chi connectivity index (χ1) is 13.6. The van der Waals surface area contributed by atoms with Gasteiger partial charge in [-0.25, -0.2) is 0 Å². The topological polar surface area (TPSA) is 61.4 Å². The Morgan fingerprint density at radius 2 is 1.93 bits per heavy atom. The van der Waals surface area contributed by atoms with Crippen LogP contribution >= 0.6 is 11.6 Å². The Labute approximate surface area is 170 Å². The molecule has 0 spiro atoms. The predicted octanol–water partition coefficient (Wildman–Crippen LogP) is 3.62. The molecule has 2 aromatic rings. The smallest absolute Gasteiger partial charge is 0.253 e. The zero-order valence-corrected chi connectivity index (χ0v) is 16.5. The lowest BCUT2D eigenvalue weighted by Gasteiger charge is -2.32. The van der Waals surface area contributed by atoms with E-state index in [2.05, 4.69) is 33.7 Å². The monoisotopic (exact) mass is 397 g/mol. The number of benzene rings is 2. The van der Waals surface area contributed by atoms with Crippen molar-refractivity contribution in [3.8, 4) is 0 Å². The minimum absolute atomic E-state index is 0.0970. The molecule has 2 heterocycles. The van der Waals surface area contributed by atoms with Crippen LogP contribution in [0.2, 0.25) is 5.02 Å². The number of hydrogen-bond acceptors (Lipinski definition) is 3. The zero-order valence-electron chi connectivity index (χ0n) is 15.7. The Balaban J connectivity index is 1.30. The van der Waals surface area contributed by atoms with Crippen LogP contribution in [0.5, 0.6) is 0 Å². The molecule has 28 heavy (non-hydrogen) atoms. The van der Waals surface area contributed by atoms with Crippen LogP contribution in [0.25, 0.3) is 0 Å². The molecule has 0 aliphatic carbocycles. The van der Waals surface area contributed by atoms with Gasteiger partial charge >= 0.3 is 0 Å². The van der Waals surface area contributed by atoms with Crippen molar-refractivity contribution in [1.29, 1.82) is 0 Å². The summed E-state index contributed by atoms with van der Waals surface area (Å²) in [4.78, 5) is 26.4. The largest absolute Gasteiger partial charge is 0.349 e. The first kappa shape index (κ1) is 19.0. The van der Waals surface area contributed by atoms with Gasteiger partial charge in [-0.15, -0.1) is 0 Å². The third-order valence-electron chi connectivity index (χ3n) is 5.52. The van der Waals surface area contributed by atoms with E-state index < -0.39 is 0 Å². The van der Waals surface area contributed by atoms with Gasteiger partial charge in [0.15, 0.2) is 0 Å². The van der Waals surface area contributed by atoms with Gasteiger partial charge in [-0.2, -0.15) is 0 Å². The predicted molar refractivity (Wildman–Crippen MR) is 111 cm³/mol. The van der Waals surface area contributed by atoms with E-state index in [-0.39, 0.29) is 17.9 Å². The van der Waals surface area contributed by atoms with Crippen LogP contribution in [-0.4, -0.2) is 35.8 Å². The summed E-state index contributed by atoms with van der Waals surface area (Å²) >= 11 is 6.11. The minimum Gasteiger partial charge on any atom is -0.349 e. The summed E-state index contributed by atoms with van der Waals surface area (Å²) in [5.74, 6) is -0.00537. The molecule has 4 rings (SSSR count). The van der Waals surface area contributed by atoms with Gasteiger partial charge < -0.3 is 10.6 Å². The van der Waals surface area contributed by atoms with Crippen molar-refractivity contribution in [2.24, 2.45) is 0 Å². The highest BCUT2D eigenvalue weighted by Crippen LogP contribution is 2.25. The molecule has 2 amide bonds. The lowest BCUT2D eigenvalue weighted by molar-refractivity contribution is -0.116. The summed E-state index contributed by atoms with van der Waals surface area (Å²) in [6.07, 6.45) is 3.22. The van der Waals surface area contributed by atoms with Gasteiger partial charge in [0, 0.05) is 37.8 Å². The second kappa shape index (κ2) is 8.33. The highest BCUT2D eigenvalue weighted by molar-refractivity contribution is 6.33. The molecule has 1 fully saturated rings. The molecule has 0 unspecified atom stereocenters. The molecule has 146 valence electrons. The minimum atomic E-state index is -0.102. The summed E-state index contributed by atoms with van der Waals surface area (Å²) < 4.78 is 0. The number of rotatable bonds is 4. The summed E-state index contributed by atoms with van der Waals surface area (Å²) in [5, 5.41) is 6.56. The van der Waals surface area contributed by atoms with E-state index in [4.69, 9.17) is 11.6 Å². The third-order valence-corrected chi connectivity index (χ3v) is 5.85. The maximum Gasteiger partial charge on any atom is 0.253 e. The van der Waals surface area contributed by atoms with Crippen LogP contribution < -0.4 is 10.6 Å². The number of anilines is 1. The first-order valence-electron chi connectivity index (χ1n) is 9.78. The van der Waals surface area contributed by atoms with Crippen LogP contribution in [0, 0.1) is 0 Å². The number of piperidine rings is 1. The number of nitrogens with zero attached hydrogens (tertiary/aromatic N) is 1. The number of nitrogens with one attached hydrogen (secondary N) is 2. The van der Waals surface area contributed by atoms with Crippen molar-refractivity contribution in [2.45, 2.75) is 38.3 Å². The molecular formula is C22H24ClN3O2. The van der Waals surface area contributed by atoms with Crippen molar-refractivity contribution < 1.29 is 9.59 Å². The second-order valence-electron chi connectivity index (χ2n) is 7.54. The summed E-state index contributed by atoms with van der Waals surface area (Å²) in [5.41, 5.74) is 3.90. The maximum atomic E-state index is 12.4. The SMILES string of the molecule is O=C1CCc2ccc(CN3CCC(NC(=O)c4ccccc4Cl)CC3)cc2N1. The van der Waals surface area contributed by atoms with Gasteiger partial charge in [-0.3, -0.25) is 14.5 Å². The van der Waals surface area contributed by atoms with Crippen LogP contribution in [0.4, 0.5) is 5.69 Å². The second-order valence-corrected chi connectivity index (χ2v) is 7.95. The highest BCUT2D eigenvalue weighted by Gasteiger charge is 2.22. The fourth-order valence-electron chi connectivity index (χ4n) is 3.92. The van der Waals surface area contributed by atoms with Crippen molar-refractivity contribution in [3.05, 3.63) is 64.2 Å². The Kier molecular flexibility index (Phi) is 5.64. The van der Waals surface area contributed by atoms with E-state index in [1.807, 2.05) is 12.1 Å². The molecule has 0 radical (unpaired) electrons. The highest BCUT2D eigenvalue weighted by atomic mass is 35.5. The van der Waals surface area contributed by atoms with E-state index >= 15 is 0 Å². The van der Waals surface area contributed by atoms with Crippen LogP contribution in [0.15, 0.2) is 42.5 Å². The Morgan fingerprint density at radius 3 is 2.71 bits per heavy atom. The third kappa shape index (κ3) is 4.37. The molecule has 6 heteroatoms. The lowest BCUT2D eigenvalue weighted by atomic mass is 9.99. The zero-order chi connectivity index (χ0) is 19.5. The van der Waals surface area contributed by atoms with Crippen LogP contribution in [0.3, 0.4) is 0 Å². The number of halogens is 1. The maximum absolute atomic E-state index is 12.4. The molecule has 2 aliphatic heterocycles. The van der Waals surface area contributed by atoms with E-state index in [0.29, 0.717) is 17.0 Å². The first-order valence-corrected chi connectivity index (χ1v) is 10.2. The summed E-state index contributed by atoms with van der Waals surface area (Å²) in [6, 6.07) is 13.7. The number of fused-ring (bicyclic) bond motifs is 1. The van der Waals surface area contributed by atoms with E-state index in [0.717, 1.165) is 44.6 Å². The van der Waals surface area contributed by atoms with Crippen molar-refractivity contribution in [2.75, 3.05) is 18.4 Å². The molecular weight excluding hydrogens is 374 g/mol. The van der Waals surface area contributed by atoms with Gasteiger partial charge in [0.25, 0.3) is 5.91 Å². The Bertz CT molecular complexity index is 891. The number of aryl methyl sites for hydroxylation is 1. The van der Waals surface area contributed by atoms with Gasteiger partial charge in [0.1, 0.15) is 0 Å². The molecule has 5 nitrogen and oxygen atoms in total. The van der Waals surface area contributed by atoms with Gasteiger partial charge in [-0.1, -0.05) is 35.9 Å². The van der Waals surface area contributed by atoms with Crippen LogP contribution in [0.1, 0.15) is 40.7 Å². The number of carbonyl (C=O) groups excluding carboxylic acids is 2. The van der Waals surface area contributed by atoms with Gasteiger partial charge in [-0.05, 0) is 48.6 Å². The van der Waals surface area contributed by atoms with Crippen molar-refractivity contribution >= 4 is 29.1 Å². The number of amides is 2. The van der Waals surface area contributed by atoms with Crippen LogP contribution in [-0.2, 0) is 17.8 Å². The number of likely N-dealkylation sites (tertiary alicyclic amines) is 1. The molecule has 0 saturated carbocycles. The number of carbonyl (C=O) groups is 2. The normalized spacial score (nSPS) is 17.7. The number of hydrogen-bond donors (Lipinski definition) is 2. The quantitative estimate of drug-likeness (QED) is 0.828. The Morgan fingerprint density at radius 1 is 1.14 bits per heavy atom. The average molecular weight is 398 g/mol. The van der Waals surface area contributed by atoms with E-state index in [9.17, 15) is 9.59 Å². The molecule has 2 aliphatic rings.